The molecule has 4 rings (SSSR count). The lowest BCUT2D eigenvalue weighted by atomic mass is 9.77. The molecule has 0 radical (unpaired) electrons. The summed E-state index contributed by atoms with van der Waals surface area (Å²) in [5.74, 6) is 0.546. The number of ether oxygens (including phenoxy) is 1. The standard InChI is InChI=1S/C27H39BN4O5/c1-16(2)22(31-25(34)35-8)24(33)32-13-9-10-21(32)23-29-15-20(30-23)19-12-11-18(14-17(19)3)28-36-26(4,5)27(6,7)37-28/h11-12,14-16,21-22H,9-10,13H2,1-8H3,(H,29,30)(H,31,34)/t21?,22-/m0/s1. The summed E-state index contributed by atoms with van der Waals surface area (Å²) in [6.07, 6.45) is 2.89. The number of aromatic nitrogens is 2. The Bertz CT molecular complexity index is 1150. The van der Waals surface area contributed by atoms with E-state index < -0.39 is 30.5 Å². The van der Waals surface area contributed by atoms with Crippen molar-refractivity contribution in [3.05, 3.63) is 35.8 Å². The molecule has 2 saturated heterocycles. The highest BCUT2D eigenvalue weighted by molar-refractivity contribution is 6.62. The van der Waals surface area contributed by atoms with Crippen LogP contribution in [0, 0.1) is 12.8 Å². The van der Waals surface area contributed by atoms with Crippen LogP contribution in [-0.4, -0.2) is 64.9 Å². The van der Waals surface area contributed by atoms with Gasteiger partial charge in [-0.05, 0) is 64.4 Å². The summed E-state index contributed by atoms with van der Waals surface area (Å²) in [7, 11) is 0.880. The molecule has 9 nitrogen and oxygen atoms in total. The van der Waals surface area contributed by atoms with Crippen molar-refractivity contribution in [3.63, 3.8) is 0 Å². The summed E-state index contributed by atoms with van der Waals surface area (Å²) in [6, 6.07) is 5.34. The average Bonchev–Trinajstić information content (AvgIpc) is 3.54. The van der Waals surface area contributed by atoms with Gasteiger partial charge in [-0.2, -0.15) is 0 Å². The van der Waals surface area contributed by atoms with E-state index >= 15 is 0 Å². The molecular formula is C27H39BN4O5. The molecule has 3 heterocycles. The van der Waals surface area contributed by atoms with Gasteiger partial charge < -0.3 is 29.2 Å². The highest BCUT2D eigenvalue weighted by Gasteiger charge is 2.51. The first-order valence-electron chi connectivity index (χ1n) is 13.0. The number of aryl methyl sites for hydroxylation is 1. The molecule has 2 aliphatic heterocycles. The fourth-order valence-electron chi connectivity index (χ4n) is 4.95. The Kier molecular flexibility index (Phi) is 7.45. The van der Waals surface area contributed by atoms with Gasteiger partial charge in [0.1, 0.15) is 11.9 Å². The Morgan fingerprint density at radius 2 is 1.89 bits per heavy atom. The van der Waals surface area contributed by atoms with Crippen molar-refractivity contribution in [2.75, 3.05) is 13.7 Å². The second kappa shape index (κ2) is 10.1. The first kappa shape index (κ1) is 27.2. The highest BCUT2D eigenvalue weighted by Crippen LogP contribution is 2.37. The molecule has 200 valence electrons. The fourth-order valence-corrected chi connectivity index (χ4v) is 4.95. The molecule has 37 heavy (non-hydrogen) atoms. The lowest BCUT2D eigenvalue weighted by Crippen LogP contribution is -2.51. The third kappa shape index (κ3) is 5.27. The molecule has 1 aromatic carbocycles. The summed E-state index contributed by atoms with van der Waals surface area (Å²) in [5.41, 5.74) is 3.18. The average molecular weight is 510 g/mol. The maximum Gasteiger partial charge on any atom is 0.494 e. The van der Waals surface area contributed by atoms with Crippen LogP contribution in [0.25, 0.3) is 11.3 Å². The number of amides is 2. The number of hydrogen-bond donors (Lipinski definition) is 2. The number of imidazole rings is 1. The van der Waals surface area contributed by atoms with Crippen LogP contribution >= 0.6 is 0 Å². The van der Waals surface area contributed by atoms with Crippen molar-refractivity contribution in [1.82, 2.24) is 20.2 Å². The fraction of sp³-hybridized carbons (Fsp3) is 0.593. The van der Waals surface area contributed by atoms with Crippen LogP contribution in [0.3, 0.4) is 0 Å². The number of likely N-dealkylation sites (tertiary alicyclic amines) is 1. The van der Waals surface area contributed by atoms with Gasteiger partial charge >= 0.3 is 13.2 Å². The van der Waals surface area contributed by atoms with Gasteiger partial charge in [0, 0.05) is 12.1 Å². The SMILES string of the molecule is COC(=O)N[C@H](C(=O)N1CCCC1c1ncc(-c2ccc(B3OC(C)(C)C(C)(C)O3)cc2C)[nH]1)C(C)C. The molecular weight excluding hydrogens is 471 g/mol. The minimum Gasteiger partial charge on any atom is -0.453 e. The molecule has 0 bridgehead atoms. The van der Waals surface area contributed by atoms with E-state index in [2.05, 4.69) is 34.3 Å². The molecule has 2 aliphatic rings. The van der Waals surface area contributed by atoms with Crippen LogP contribution in [0.1, 0.15) is 71.8 Å². The number of rotatable bonds is 6. The number of methoxy groups -OCH3 is 1. The van der Waals surface area contributed by atoms with E-state index in [0.29, 0.717) is 6.54 Å². The predicted octanol–water partition coefficient (Wildman–Crippen LogP) is 3.73. The van der Waals surface area contributed by atoms with E-state index in [4.69, 9.17) is 14.0 Å². The van der Waals surface area contributed by atoms with E-state index in [1.54, 1.807) is 0 Å². The normalized spacial score (nSPS) is 21.4. The van der Waals surface area contributed by atoms with Gasteiger partial charge in [-0.3, -0.25) is 4.79 Å². The third-order valence-corrected chi connectivity index (χ3v) is 7.90. The maximum atomic E-state index is 13.4. The van der Waals surface area contributed by atoms with Crippen molar-refractivity contribution in [3.8, 4) is 11.3 Å². The van der Waals surface area contributed by atoms with E-state index in [0.717, 1.165) is 40.9 Å². The molecule has 1 aromatic heterocycles. The monoisotopic (exact) mass is 510 g/mol. The molecule has 2 amide bonds. The summed E-state index contributed by atoms with van der Waals surface area (Å²) >= 11 is 0. The van der Waals surface area contributed by atoms with Crippen molar-refractivity contribution >= 4 is 24.6 Å². The lowest BCUT2D eigenvalue weighted by molar-refractivity contribution is -0.135. The molecule has 0 aliphatic carbocycles. The first-order valence-corrected chi connectivity index (χ1v) is 13.0. The van der Waals surface area contributed by atoms with Crippen LogP contribution in [0.15, 0.2) is 24.4 Å². The summed E-state index contributed by atoms with van der Waals surface area (Å²) in [6.45, 7) is 14.7. The number of carbonyl (C=O) groups excluding carboxylic acids is 2. The predicted molar refractivity (Wildman–Crippen MR) is 142 cm³/mol. The van der Waals surface area contributed by atoms with E-state index in [9.17, 15) is 9.59 Å². The summed E-state index contributed by atoms with van der Waals surface area (Å²) in [5, 5.41) is 2.69. The Hall–Kier alpha value is -2.85. The number of H-pyrrole nitrogens is 1. The second-order valence-corrected chi connectivity index (χ2v) is 11.4. The van der Waals surface area contributed by atoms with Crippen LogP contribution in [-0.2, 0) is 18.8 Å². The zero-order valence-electron chi connectivity index (χ0n) is 23.2. The molecule has 0 saturated carbocycles. The number of aromatic amines is 1. The Morgan fingerprint density at radius 3 is 2.49 bits per heavy atom. The topological polar surface area (TPSA) is 106 Å². The van der Waals surface area contributed by atoms with Crippen molar-refractivity contribution in [2.45, 2.75) is 84.6 Å². The second-order valence-electron chi connectivity index (χ2n) is 11.4. The third-order valence-electron chi connectivity index (χ3n) is 7.90. The van der Waals surface area contributed by atoms with Crippen LogP contribution in [0.2, 0.25) is 0 Å². The molecule has 10 heteroatoms. The molecule has 0 spiro atoms. The van der Waals surface area contributed by atoms with Gasteiger partial charge in [-0.25, -0.2) is 9.78 Å². The first-order chi connectivity index (χ1) is 17.3. The number of hydrogen-bond acceptors (Lipinski definition) is 6. The largest absolute Gasteiger partial charge is 0.494 e. The minimum atomic E-state index is -0.660. The quantitative estimate of drug-likeness (QED) is 0.574. The smallest absolute Gasteiger partial charge is 0.453 e. The summed E-state index contributed by atoms with van der Waals surface area (Å²) < 4.78 is 17.1. The van der Waals surface area contributed by atoms with E-state index in [-0.39, 0.29) is 17.9 Å². The summed E-state index contributed by atoms with van der Waals surface area (Å²) in [4.78, 5) is 35.1. The van der Waals surface area contributed by atoms with Crippen molar-refractivity contribution < 1.29 is 23.6 Å². The number of alkyl carbamates (subject to hydrolysis) is 1. The van der Waals surface area contributed by atoms with Gasteiger partial charge in [0.15, 0.2) is 0 Å². The van der Waals surface area contributed by atoms with Gasteiger partial charge in [0.25, 0.3) is 0 Å². The zero-order chi connectivity index (χ0) is 27.1. The van der Waals surface area contributed by atoms with Gasteiger partial charge in [0.2, 0.25) is 5.91 Å². The number of nitrogens with zero attached hydrogens (tertiary/aromatic N) is 2. The minimum absolute atomic E-state index is 0.0786. The van der Waals surface area contributed by atoms with Crippen LogP contribution in [0.5, 0.6) is 0 Å². The maximum absolute atomic E-state index is 13.4. The van der Waals surface area contributed by atoms with Crippen molar-refractivity contribution in [2.24, 2.45) is 5.92 Å². The number of benzene rings is 1. The van der Waals surface area contributed by atoms with Gasteiger partial charge in [-0.15, -0.1) is 0 Å². The molecule has 2 N–H and O–H groups in total. The Labute approximate surface area is 219 Å². The Morgan fingerprint density at radius 1 is 1.22 bits per heavy atom. The molecule has 2 atom stereocenters. The van der Waals surface area contributed by atoms with Crippen LogP contribution in [0.4, 0.5) is 4.79 Å². The highest BCUT2D eigenvalue weighted by atomic mass is 16.7. The molecule has 2 fully saturated rings. The number of carbonyl (C=O) groups is 2. The van der Waals surface area contributed by atoms with E-state index in [1.165, 1.54) is 7.11 Å². The van der Waals surface area contributed by atoms with Gasteiger partial charge in [-0.1, -0.05) is 32.0 Å². The van der Waals surface area contributed by atoms with E-state index in [1.807, 2.05) is 58.7 Å². The van der Waals surface area contributed by atoms with Crippen LogP contribution < -0.4 is 10.8 Å². The van der Waals surface area contributed by atoms with Crippen molar-refractivity contribution in [1.29, 1.82) is 0 Å². The van der Waals surface area contributed by atoms with Gasteiger partial charge in [0.05, 0.1) is 36.2 Å². The molecule has 1 unspecified atom stereocenters. The lowest BCUT2D eigenvalue weighted by Gasteiger charge is -2.32. The Balaban J connectivity index is 1.52. The number of nitrogens with one attached hydrogen (secondary N) is 2. The zero-order valence-corrected chi connectivity index (χ0v) is 23.2. The molecule has 2 aromatic rings.